The zero-order valence-corrected chi connectivity index (χ0v) is 12.4. The number of aromatic nitrogens is 2. The molecule has 7 nitrogen and oxygen atoms in total. The Labute approximate surface area is 134 Å². The van der Waals surface area contributed by atoms with Crippen LogP contribution in [0.1, 0.15) is 24.9 Å². The Morgan fingerprint density at radius 3 is 2.62 bits per heavy atom. The molecule has 0 saturated carbocycles. The third kappa shape index (κ3) is 3.70. The molecule has 1 aromatic heterocycles. The van der Waals surface area contributed by atoms with Gasteiger partial charge >= 0.3 is 11.9 Å². The number of carbonyl (C=O) groups excluding carboxylic acids is 1. The van der Waals surface area contributed by atoms with Gasteiger partial charge in [0.25, 0.3) is 0 Å². The summed E-state index contributed by atoms with van der Waals surface area (Å²) in [6, 6.07) is 3.60. The van der Waals surface area contributed by atoms with Gasteiger partial charge in [0.1, 0.15) is 18.4 Å². The number of nitrogens with one attached hydrogen (secondary N) is 1. The van der Waals surface area contributed by atoms with Crippen LogP contribution in [-0.4, -0.2) is 20.6 Å². The first-order chi connectivity index (χ1) is 11.2. The van der Waals surface area contributed by atoms with Crippen molar-refractivity contribution in [1.82, 2.24) is 9.78 Å². The minimum absolute atomic E-state index is 0.193. The molecule has 10 heteroatoms. The topological polar surface area (TPSA) is 90.1 Å². The standard InChI is InChI=1S/C14H13F3N4O3/c1-2-12(20-8-9(7-18-20)21(23)24)13(22)19-11-6-4-3-5-10(11)14(15,16)17/h3-8,12H,2H2,1H3,(H,19,22). The van der Waals surface area contributed by atoms with E-state index in [1.54, 1.807) is 6.92 Å². The van der Waals surface area contributed by atoms with Crippen molar-refractivity contribution in [3.63, 3.8) is 0 Å². The monoisotopic (exact) mass is 342 g/mol. The van der Waals surface area contributed by atoms with Gasteiger partial charge in [-0.25, -0.2) is 0 Å². The molecule has 0 spiro atoms. The molecule has 1 heterocycles. The maximum Gasteiger partial charge on any atom is 0.418 e. The number of rotatable bonds is 5. The molecule has 1 atom stereocenters. The van der Waals surface area contributed by atoms with E-state index in [2.05, 4.69) is 10.4 Å². The van der Waals surface area contributed by atoms with Gasteiger partial charge in [-0.05, 0) is 18.6 Å². The highest BCUT2D eigenvalue weighted by molar-refractivity contribution is 5.94. The molecular formula is C14H13F3N4O3. The quantitative estimate of drug-likeness (QED) is 0.666. The summed E-state index contributed by atoms with van der Waals surface area (Å²) in [7, 11) is 0. The summed E-state index contributed by atoms with van der Waals surface area (Å²) in [5.74, 6) is -0.743. The summed E-state index contributed by atoms with van der Waals surface area (Å²) >= 11 is 0. The molecule has 2 rings (SSSR count). The van der Waals surface area contributed by atoms with Crippen molar-refractivity contribution in [1.29, 1.82) is 0 Å². The molecule has 1 amide bonds. The summed E-state index contributed by atoms with van der Waals surface area (Å²) in [5.41, 5.74) is -1.66. The number of anilines is 1. The summed E-state index contributed by atoms with van der Waals surface area (Å²) < 4.78 is 39.9. The smallest absolute Gasteiger partial charge is 0.324 e. The highest BCUT2D eigenvalue weighted by Crippen LogP contribution is 2.35. The lowest BCUT2D eigenvalue weighted by molar-refractivity contribution is -0.385. The van der Waals surface area contributed by atoms with Gasteiger partial charge in [0.2, 0.25) is 5.91 Å². The first-order valence-corrected chi connectivity index (χ1v) is 6.89. The van der Waals surface area contributed by atoms with E-state index < -0.39 is 28.6 Å². The number of halogens is 3. The molecule has 128 valence electrons. The first-order valence-electron chi connectivity index (χ1n) is 6.89. The second-order valence-electron chi connectivity index (χ2n) is 4.89. The maximum atomic E-state index is 13.0. The summed E-state index contributed by atoms with van der Waals surface area (Å²) in [6.07, 6.45) is -2.39. The number of carbonyl (C=O) groups is 1. The van der Waals surface area contributed by atoms with Gasteiger partial charge in [-0.3, -0.25) is 19.6 Å². The Hall–Kier alpha value is -2.91. The van der Waals surface area contributed by atoms with Gasteiger partial charge in [-0.2, -0.15) is 18.3 Å². The Bertz CT molecular complexity index is 758. The van der Waals surface area contributed by atoms with Gasteiger partial charge in [0.05, 0.1) is 16.2 Å². The van der Waals surface area contributed by atoms with Gasteiger partial charge < -0.3 is 5.32 Å². The zero-order valence-electron chi connectivity index (χ0n) is 12.4. The minimum Gasteiger partial charge on any atom is -0.324 e. The number of hydrogen-bond acceptors (Lipinski definition) is 4. The Balaban J connectivity index is 2.26. The van der Waals surface area contributed by atoms with Crippen LogP contribution in [0.4, 0.5) is 24.5 Å². The van der Waals surface area contributed by atoms with Gasteiger partial charge in [0.15, 0.2) is 0 Å². The number of hydrogen-bond donors (Lipinski definition) is 1. The normalized spacial score (nSPS) is 12.7. The second-order valence-corrected chi connectivity index (χ2v) is 4.89. The summed E-state index contributed by atoms with van der Waals surface area (Å²) in [5, 5.41) is 16.6. The van der Waals surface area contributed by atoms with Crippen molar-refractivity contribution in [2.24, 2.45) is 0 Å². The largest absolute Gasteiger partial charge is 0.418 e. The van der Waals surface area contributed by atoms with Crippen LogP contribution in [-0.2, 0) is 11.0 Å². The molecule has 0 saturated heterocycles. The summed E-state index contributed by atoms with van der Waals surface area (Å²) in [6.45, 7) is 1.62. The molecule has 0 fully saturated rings. The first kappa shape index (κ1) is 17.4. The van der Waals surface area contributed by atoms with Gasteiger partial charge in [0, 0.05) is 0 Å². The number of alkyl halides is 3. The molecule has 0 radical (unpaired) electrons. The molecule has 1 N–H and O–H groups in total. The van der Waals surface area contributed by atoms with Crippen LogP contribution < -0.4 is 5.32 Å². The van der Waals surface area contributed by atoms with Crippen molar-refractivity contribution in [3.8, 4) is 0 Å². The summed E-state index contributed by atoms with van der Waals surface area (Å²) in [4.78, 5) is 22.3. The van der Waals surface area contributed by atoms with Crippen LogP contribution in [0.3, 0.4) is 0 Å². The number of nitrogens with zero attached hydrogens (tertiary/aromatic N) is 3. The fourth-order valence-corrected chi connectivity index (χ4v) is 2.14. The van der Waals surface area contributed by atoms with Crippen LogP contribution in [0.2, 0.25) is 0 Å². The number of nitro groups is 1. The lowest BCUT2D eigenvalue weighted by Crippen LogP contribution is -2.27. The third-order valence-corrected chi connectivity index (χ3v) is 3.30. The average molecular weight is 342 g/mol. The molecule has 0 aliphatic carbocycles. The van der Waals surface area contributed by atoms with E-state index in [1.165, 1.54) is 12.1 Å². The second kappa shape index (κ2) is 6.69. The van der Waals surface area contributed by atoms with Crippen molar-refractivity contribution in [2.45, 2.75) is 25.6 Å². The fourth-order valence-electron chi connectivity index (χ4n) is 2.14. The van der Waals surface area contributed by atoms with Crippen LogP contribution in [0.25, 0.3) is 0 Å². The highest BCUT2D eigenvalue weighted by Gasteiger charge is 2.34. The Morgan fingerprint density at radius 2 is 2.08 bits per heavy atom. The molecule has 0 aliphatic rings. The van der Waals surface area contributed by atoms with E-state index in [0.29, 0.717) is 0 Å². The molecule has 0 bridgehead atoms. The predicted molar refractivity (Wildman–Crippen MR) is 78.3 cm³/mol. The fraction of sp³-hybridized carbons (Fsp3) is 0.286. The molecule has 24 heavy (non-hydrogen) atoms. The molecule has 0 aliphatic heterocycles. The van der Waals surface area contributed by atoms with Gasteiger partial charge in [-0.15, -0.1) is 0 Å². The van der Waals surface area contributed by atoms with Crippen molar-refractivity contribution in [2.75, 3.05) is 5.32 Å². The van der Waals surface area contributed by atoms with Crippen LogP contribution in [0.5, 0.6) is 0 Å². The highest BCUT2D eigenvalue weighted by atomic mass is 19.4. The zero-order chi connectivity index (χ0) is 17.9. The predicted octanol–water partition coefficient (Wildman–Crippen LogP) is 3.40. The molecule has 2 aromatic rings. The van der Waals surface area contributed by atoms with Gasteiger partial charge in [-0.1, -0.05) is 19.1 Å². The number of benzene rings is 1. The maximum absolute atomic E-state index is 13.0. The Kier molecular flexibility index (Phi) is 4.86. The third-order valence-electron chi connectivity index (χ3n) is 3.30. The molecule has 1 unspecified atom stereocenters. The number of amides is 1. The van der Waals surface area contributed by atoms with Crippen molar-refractivity contribution < 1.29 is 22.9 Å². The van der Waals surface area contributed by atoms with Crippen LogP contribution in [0.15, 0.2) is 36.7 Å². The molecular weight excluding hydrogens is 329 g/mol. The van der Waals surface area contributed by atoms with Crippen molar-refractivity contribution in [3.05, 3.63) is 52.3 Å². The van der Waals surface area contributed by atoms with E-state index in [1.807, 2.05) is 0 Å². The van der Waals surface area contributed by atoms with Crippen molar-refractivity contribution >= 4 is 17.3 Å². The van der Waals surface area contributed by atoms with E-state index in [0.717, 1.165) is 29.2 Å². The van der Waals surface area contributed by atoms with E-state index in [-0.39, 0.29) is 17.8 Å². The minimum atomic E-state index is -4.62. The SMILES string of the molecule is CCC(C(=O)Nc1ccccc1C(F)(F)F)n1cc([N+](=O)[O-])cn1. The average Bonchev–Trinajstić information content (AvgIpc) is 2.97. The van der Waals surface area contributed by atoms with E-state index in [4.69, 9.17) is 0 Å². The van der Waals surface area contributed by atoms with E-state index in [9.17, 15) is 28.1 Å². The lowest BCUT2D eigenvalue weighted by atomic mass is 10.1. The van der Waals surface area contributed by atoms with Crippen LogP contribution >= 0.6 is 0 Å². The number of para-hydroxylation sites is 1. The Morgan fingerprint density at radius 1 is 1.42 bits per heavy atom. The van der Waals surface area contributed by atoms with Crippen LogP contribution in [0, 0.1) is 10.1 Å². The lowest BCUT2D eigenvalue weighted by Gasteiger charge is -2.18. The van der Waals surface area contributed by atoms with E-state index >= 15 is 0 Å². The molecule has 1 aromatic carbocycles.